The maximum absolute atomic E-state index is 12.4. The number of rotatable bonds is 10. The highest BCUT2D eigenvalue weighted by atomic mass is 16.5. The summed E-state index contributed by atoms with van der Waals surface area (Å²) >= 11 is 0. The first-order valence-electron chi connectivity index (χ1n) is 10.1. The van der Waals surface area contributed by atoms with Crippen molar-refractivity contribution in [1.82, 2.24) is 15.7 Å². The van der Waals surface area contributed by atoms with Crippen molar-refractivity contribution >= 4 is 11.8 Å². The van der Waals surface area contributed by atoms with E-state index in [-0.39, 0.29) is 17.7 Å². The maximum Gasteiger partial charge on any atom is 0.243 e. The van der Waals surface area contributed by atoms with Crippen LogP contribution in [0.5, 0.6) is 0 Å². The summed E-state index contributed by atoms with van der Waals surface area (Å²) in [5.41, 5.74) is 2.97. The quantitative estimate of drug-likeness (QED) is 0.334. The highest BCUT2D eigenvalue weighted by molar-refractivity contribution is 5.78. The van der Waals surface area contributed by atoms with Gasteiger partial charge in [0.2, 0.25) is 11.8 Å². The van der Waals surface area contributed by atoms with Gasteiger partial charge in [-0.05, 0) is 51.3 Å². The molecule has 3 N–H and O–H groups in total. The van der Waals surface area contributed by atoms with Crippen molar-refractivity contribution in [3.8, 4) is 0 Å². The number of benzene rings is 1. The molecule has 0 bridgehead atoms. The Morgan fingerprint density at radius 2 is 1.78 bits per heavy atom. The van der Waals surface area contributed by atoms with Crippen LogP contribution in [0.15, 0.2) is 30.3 Å². The van der Waals surface area contributed by atoms with E-state index in [1.54, 1.807) is 5.48 Å². The fourth-order valence-corrected chi connectivity index (χ4v) is 3.67. The lowest BCUT2D eigenvalue weighted by Crippen LogP contribution is -2.41. The molecule has 1 heterocycles. The zero-order valence-corrected chi connectivity index (χ0v) is 16.3. The number of hydrogen-bond acceptors (Lipinski definition) is 4. The molecule has 1 aromatic rings. The monoisotopic (exact) mass is 375 g/mol. The Bertz CT molecular complexity index is 571. The number of carbonyl (C=O) groups excluding carboxylic acids is 2. The van der Waals surface area contributed by atoms with E-state index < -0.39 is 0 Å². The van der Waals surface area contributed by atoms with Crippen molar-refractivity contribution in [2.75, 3.05) is 19.6 Å². The number of nitrogens with one attached hydrogen (secondary N) is 2. The molecule has 1 aromatic carbocycles. The molecule has 1 aliphatic heterocycles. The Kier molecular flexibility index (Phi) is 9.28. The standard InChI is InChI=1S/C21H33N3O3/c1-17(18-9-5-4-6-10-18)24-15-12-19(13-16-24)21(26)22-14-8-3-2-7-11-20(25)23-27/h4-6,9-10,17,19,27H,2-3,7-8,11-16H2,1H3,(H,22,26)(H,23,25). The van der Waals surface area contributed by atoms with Gasteiger partial charge in [-0.15, -0.1) is 0 Å². The zero-order chi connectivity index (χ0) is 19.5. The molecule has 0 aromatic heterocycles. The Morgan fingerprint density at radius 3 is 2.44 bits per heavy atom. The van der Waals surface area contributed by atoms with E-state index in [1.165, 1.54) is 5.56 Å². The van der Waals surface area contributed by atoms with Gasteiger partial charge in [0.15, 0.2) is 0 Å². The van der Waals surface area contributed by atoms with Crippen LogP contribution in [0, 0.1) is 5.92 Å². The summed E-state index contributed by atoms with van der Waals surface area (Å²) in [6, 6.07) is 10.9. The summed E-state index contributed by atoms with van der Waals surface area (Å²) in [7, 11) is 0. The van der Waals surface area contributed by atoms with Crippen molar-refractivity contribution in [3.05, 3.63) is 35.9 Å². The first-order valence-corrected chi connectivity index (χ1v) is 10.1. The number of nitrogens with zero attached hydrogens (tertiary/aromatic N) is 1. The summed E-state index contributed by atoms with van der Waals surface area (Å²) in [4.78, 5) is 25.7. The molecule has 2 amide bonds. The highest BCUT2D eigenvalue weighted by Crippen LogP contribution is 2.26. The van der Waals surface area contributed by atoms with Gasteiger partial charge in [0, 0.05) is 24.9 Å². The van der Waals surface area contributed by atoms with Crippen LogP contribution in [-0.4, -0.2) is 41.6 Å². The fraction of sp³-hybridized carbons (Fsp3) is 0.619. The van der Waals surface area contributed by atoms with E-state index in [0.29, 0.717) is 19.0 Å². The topological polar surface area (TPSA) is 81.7 Å². The van der Waals surface area contributed by atoms with Gasteiger partial charge in [0.25, 0.3) is 0 Å². The third-order valence-electron chi connectivity index (χ3n) is 5.48. The molecular weight excluding hydrogens is 342 g/mol. The average Bonchev–Trinajstić information content (AvgIpc) is 2.72. The molecule has 1 aliphatic rings. The molecule has 150 valence electrons. The van der Waals surface area contributed by atoms with Gasteiger partial charge in [0.05, 0.1) is 0 Å². The van der Waals surface area contributed by atoms with Crippen LogP contribution >= 0.6 is 0 Å². The van der Waals surface area contributed by atoms with Crippen LogP contribution in [0.4, 0.5) is 0 Å². The van der Waals surface area contributed by atoms with Crippen molar-refractivity contribution in [1.29, 1.82) is 0 Å². The maximum atomic E-state index is 12.4. The van der Waals surface area contributed by atoms with Crippen molar-refractivity contribution in [3.63, 3.8) is 0 Å². The van der Waals surface area contributed by atoms with E-state index in [0.717, 1.165) is 51.6 Å². The average molecular weight is 376 g/mol. The molecule has 0 radical (unpaired) electrons. The molecule has 0 spiro atoms. The van der Waals surface area contributed by atoms with Gasteiger partial charge >= 0.3 is 0 Å². The highest BCUT2D eigenvalue weighted by Gasteiger charge is 2.27. The molecule has 27 heavy (non-hydrogen) atoms. The van der Waals surface area contributed by atoms with Crippen LogP contribution in [-0.2, 0) is 9.59 Å². The lowest BCUT2D eigenvalue weighted by Gasteiger charge is -2.35. The van der Waals surface area contributed by atoms with Gasteiger partial charge in [-0.1, -0.05) is 43.2 Å². The second-order valence-corrected chi connectivity index (χ2v) is 7.39. The van der Waals surface area contributed by atoms with E-state index in [9.17, 15) is 9.59 Å². The number of amides is 2. The number of hydroxylamine groups is 1. The smallest absolute Gasteiger partial charge is 0.243 e. The van der Waals surface area contributed by atoms with Crippen LogP contribution in [0.3, 0.4) is 0 Å². The van der Waals surface area contributed by atoms with Crippen LogP contribution < -0.4 is 10.8 Å². The number of unbranched alkanes of at least 4 members (excludes halogenated alkanes) is 3. The lowest BCUT2D eigenvalue weighted by molar-refractivity contribution is -0.129. The van der Waals surface area contributed by atoms with E-state index in [2.05, 4.69) is 41.4 Å². The van der Waals surface area contributed by atoms with Crippen LogP contribution in [0.2, 0.25) is 0 Å². The van der Waals surface area contributed by atoms with Gasteiger partial charge in [-0.2, -0.15) is 0 Å². The number of likely N-dealkylation sites (tertiary alicyclic amines) is 1. The van der Waals surface area contributed by atoms with Gasteiger partial charge in [-0.3, -0.25) is 19.7 Å². The van der Waals surface area contributed by atoms with Gasteiger partial charge in [0.1, 0.15) is 0 Å². The molecule has 1 atom stereocenters. The summed E-state index contributed by atoms with van der Waals surface area (Å²) in [6.45, 7) is 4.85. The molecule has 6 nitrogen and oxygen atoms in total. The first-order chi connectivity index (χ1) is 13.1. The van der Waals surface area contributed by atoms with E-state index in [4.69, 9.17) is 5.21 Å². The Morgan fingerprint density at radius 1 is 1.11 bits per heavy atom. The molecule has 1 saturated heterocycles. The summed E-state index contributed by atoms with van der Waals surface area (Å²) in [5.74, 6) is -0.0321. The third kappa shape index (κ3) is 7.31. The summed E-state index contributed by atoms with van der Waals surface area (Å²) in [5, 5.41) is 11.5. The SMILES string of the molecule is CC(c1ccccc1)N1CCC(C(=O)NCCCCCCC(=O)NO)CC1. The summed E-state index contributed by atoms with van der Waals surface area (Å²) < 4.78 is 0. The minimum absolute atomic E-state index is 0.123. The largest absolute Gasteiger partial charge is 0.356 e. The van der Waals surface area contributed by atoms with Crippen molar-refractivity contribution < 1.29 is 14.8 Å². The van der Waals surface area contributed by atoms with Crippen molar-refractivity contribution in [2.45, 2.75) is 57.9 Å². The number of hydrogen-bond donors (Lipinski definition) is 3. The molecule has 1 unspecified atom stereocenters. The van der Waals surface area contributed by atoms with E-state index in [1.807, 2.05) is 6.07 Å². The zero-order valence-electron chi connectivity index (χ0n) is 16.3. The Labute approximate surface area is 162 Å². The second kappa shape index (κ2) is 11.7. The van der Waals surface area contributed by atoms with Gasteiger partial charge in [-0.25, -0.2) is 5.48 Å². The molecule has 6 heteroatoms. The minimum atomic E-state index is -0.337. The van der Waals surface area contributed by atoms with Crippen molar-refractivity contribution in [2.24, 2.45) is 5.92 Å². The lowest BCUT2D eigenvalue weighted by atomic mass is 9.94. The second-order valence-electron chi connectivity index (χ2n) is 7.39. The predicted octanol–water partition coefficient (Wildman–Crippen LogP) is 3.03. The normalized spacial score (nSPS) is 16.7. The third-order valence-corrected chi connectivity index (χ3v) is 5.48. The van der Waals surface area contributed by atoms with E-state index >= 15 is 0 Å². The Hall–Kier alpha value is -1.92. The number of piperidine rings is 1. The molecular formula is C21H33N3O3. The minimum Gasteiger partial charge on any atom is -0.356 e. The number of carbonyl (C=O) groups is 2. The predicted molar refractivity (Wildman–Crippen MR) is 105 cm³/mol. The first kappa shape index (κ1) is 21.4. The molecule has 2 rings (SSSR count). The molecule has 0 aliphatic carbocycles. The van der Waals surface area contributed by atoms with Crippen LogP contribution in [0.1, 0.15) is 63.5 Å². The summed E-state index contributed by atoms with van der Waals surface area (Å²) in [6.07, 6.45) is 5.78. The molecule has 1 fully saturated rings. The Balaban J connectivity index is 1.58. The van der Waals surface area contributed by atoms with Gasteiger partial charge < -0.3 is 5.32 Å². The van der Waals surface area contributed by atoms with Crippen LogP contribution in [0.25, 0.3) is 0 Å². The molecule has 0 saturated carbocycles. The fourth-order valence-electron chi connectivity index (χ4n) is 3.67.